The molecule has 2 aromatic rings. The van der Waals surface area contributed by atoms with E-state index in [4.69, 9.17) is 16.3 Å². The number of esters is 1. The van der Waals surface area contributed by atoms with Crippen LogP contribution in [-0.2, 0) is 4.74 Å². The Bertz CT molecular complexity index is 685. The first-order valence-electron chi connectivity index (χ1n) is 8.12. The van der Waals surface area contributed by atoms with Gasteiger partial charge in [0.1, 0.15) is 5.75 Å². The van der Waals surface area contributed by atoms with E-state index in [1.54, 1.807) is 24.3 Å². The van der Waals surface area contributed by atoms with Crippen molar-refractivity contribution in [2.24, 2.45) is 10.2 Å². The summed E-state index contributed by atoms with van der Waals surface area (Å²) in [6.45, 7) is 0.685. The van der Waals surface area contributed by atoms with Crippen LogP contribution in [0, 0.1) is 0 Å². The Morgan fingerprint density at radius 3 is 2.08 bits per heavy atom. The first-order valence-corrected chi connectivity index (χ1v) is 8.65. The van der Waals surface area contributed by atoms with E-state index in [9.17, 15) is 4.79 Å². The number of alkyl halides is 1. The smallest absolute Gasteiger partial charge is 0.337 e. The van der Waals surface area contributed by atoms with Gasteiger partial charge in [-0.25, -0.2) is 4.79 Å². The largest absolute Gasteiger partial charge is 0.494 e. The maximum absolute atomic E-state index is 11.4. The molecule has 2 aromatic carbocycles. The number of unbranched alkanes of at least 4 members (excludes halogenated alkanes) is 2. The minimum absolute atomic E-state index is 0.373. The van der Waals surface area contributed by atoms with Gasteiger partial charge >= 0.3 is 5.97 Å². The van der Waals surface area contributed by atoms with Crippen molar-refractivity contribution in [1.29, 1.82) is 0 Å². The third kappa shape index (κ3) is 6.55. The fourth-order valence-corrected chi connectivity index (χ4v) is 2.26. The van der Waals surface area contributed by atoms with E-state index in [0.717, 1.165) is 30.7 Å². The molecule has 0 saturated heterocycles. The van der Waals surface area contributed by atoms with Gasteiger partial charge in [-0.15, -0.1) is 11.6 Å². The Kier molecular flexibility index (Phi) is 7.92. The summed E-state index contributed by atoms with van der Waals surface area (Å²) < 4.78 is 10.3. The molecule has 0 atom stereocenters. The average molecular weight is 361 g/mol. The molecule has 0 fully saturated rings. The Balaban J connectivity index is 1.85. The third-order valence-electron chi connectivity index (χ3n) is 3.45. The second kappa shape index (κ2) is 10.5. The molecule has 0 aliphatic rings. The van der Waals surface area contributed by atoms with Crippen LogP contribution in [0.2, 0.25) is 0 Å². The molecule has 0 aromatic heterocycles. The molecule has 0 bridgehead atoms. The van der Waals surface area contributed by atoms with Crippen molar-refractivity contribution < 1.29 is 14.3 Å². The molecule has 0 saturated carbocycles. The van der Waals surface area contributed by atoms with Gasteiger partial charge in [0.15, 0.2) is 0 Å². The van der Waals surface area contributed by atoms with E-state index >= 15 is 0 Å². The molecule has 5 nitrogen and oxygen atoms in total. The Labute approximate surface area is 152 Å². The van der Waals surface area contributed by atoms with Crippen LogP contribution in [0.15, 0.2) is 58.8 Å². The van der Waals surface area contributed by atoms with E-state index in [1.165, 1.54) is 7.11 Å². The Morgan fingerprint density at radius 2 is 1.52 bits per heavy atom. The Hall–Kier alpha value is -2.40. The second-order valence-corrected chi connectivity index (χ2v) is 5.71. The highest BCUT2D eigenvalue weighted by atomic mass is 35.5. The predicted molar refractivity (Wildman–Crippen MR) is 98.5 cm³/mol. The molecule has 0 N–H and O–H groups in total. The van der Waals surface area contributed by atoms with Crippen LogP contribution >= 0.6 is 11.6 Å². The number of hydrogen-bond donors (Lipinski definition) is 0. The molecular formula is C19H21ClN2O3. The van der Waals surface area contributed by atoms with Gasteiger partial charge in [0.25, 0.3) is 0 Å². The summed E-state index contributed by atoms with van der Waals surface area (Å²) >= 11 is 5.64. The zero-order chi connectivity index (χ0) is 17.9. The third-order valence-corrected chi connectivity index (χ3v) is 3.72. The lowest BCUT2D eigenvalue weighted by atomic mass is 10.2. The van der Waals surface area contributed by atoms with Gasteiger partial charge in [-0.1, -0.05) is 0 Å². The number of methoxy groups -OCH3 is 1. The number of ether oxygens (including phenoxy) is 2. The van der Waals surface area contributed by atoms with Gasteiger partial charge < -0.3 is 9.47 Å². The highest BCUT2D eigenvalue weighted by Gasteiger charge is 2.03. The Morgan fingerprint density at radius 1 is 0.920 bits per heavy atom. The molecule has 6 heteroatoms. The molecule has 0 amide bonds. The van der Waals surface area contributed by atoms with Crippen LogP contribution in [-0.4, -0.2) is 25.6 Å². The number of nitrogens with zero attached hydrogens (tertiary/aromatic N) is 2. The number of rotatable bonds is 9. The standard InChI is InChI=1S/C19H21ClN2O3/c1-24-19(23)15-5-7-16(8-6-15)21-22-17-9-11-18(12-10-17)25-14-4-2-3-13-20/h5-12H,2-4,13-14H2,1H3. The monoisotopic (exact) mass is 360 g/mol. The molecule has 25 heavy (non-hydrogen) atoms. The van der Waals surface area contributed by atoms with Gasteiger partial charge in [-0.2, -0.15) is 10.2 Å². The summed E-state index contributed by atoms with van der Waals surface area (Å²) in [6.07, 6.45) is 3.09. The number of hydrogen-bond acceptors (Lipinski definition) is 5. The number of carbonyl (C=O) groups is 1. The zero-order valence-electron chi connectivity index (χ0n) is 14.2. The topological polar surface area (TPSA) is 60.2 Å². The number of benzene rings is 2. The maximum Gasteiger partial charge on any atom is 0.337 e. The summed E-state index contributed by atoms with van der Waals surface area (Å²) in [7, 11) is 1.35. The summed E-state index contributed by atoms with van der Waals surface area (Å²) in [4.78, 5) is 11.4. The predicted octanol–water partition coefficient (Wildman–Crippen LogP) is 5.68. The molecule has 0 aliphatic heterocycles. The van der Waals surface area contributed by atoms with E-state index < -0.39 is 0 Å². The summed E-state index contributed by atoms with van der Waals surface area (Å²) in [6, 6.07) is 14.2. The quantitative estimate of drug-likeness (QED) is 0.250. The minimum atomic E-state index is -0.373. The van der Waals surface area contributed by atoms with Gasteiger partial charge in [-0.3, -0.25) is 0 Å². The lowest BCUT2D eigenvalue weighted by Gasteiger charge is -2.05. The van der Waals surface area contributed by atoms with E-state index in [-0.39, 0.29) is 5.97 Å². The van der Waals surface area contributed by atoms with Crippen LogP contribution in [0.25, 0.3) is 0 Å². The normalized spacial score (nSPS) is 10.8. The van der Waals surface area contributed by atoms with Crippen molar-refractivity contribution in [2.75, 3.05) is 19.6 Å². The highest BCUT2D eigenvalue weighted by Crippen LogP contribution is 2.22. The molecule has 2 rings (SSSR count). The lowest BCUT2D eigenvalue weighted by molar-refractivity contribution is 0.0601. The fourth-order valence-electron chi connectivity index (χ4n) is 2.07. The lowest BCUT2D eigenvalue weighted by Crippen LogP contribution is -1.99. The molecular weight excluding hydrogens is 340 g/mol. The van der Waals surface area contributed by atoms with Gasteiger partial charge in [0.2, 0.25) is 0 Å². The summed E-state index contributed by atoms with van der Waals surface area (Å²) in [5.41, 5.74) is 1.87. The van der Waals surface area contributed by atoms with Crippen molar-refractivity contribution in [3.63, 3.8) is 0 Å². The van der Waals surface area contributed by atoms with Crippen LogP contribution < -0.4 is 4.74 Å². The van der Waals surface area contributed by atoms with Crippen molar-refractivity contribution in [1.82, 2.24) is 0 Å². The van der Waals surface area contributed by atoms with E-state index in [1.807, 2.05) is 24.3 Å². The summed E-state index contributed by atoms with van der Waals surface area (Å²) in [5.74, 6) is 1.14. The van der Waals surface area contributed by atoms with Crippen LogP contribution in [0.5, 0.6) is 5.75 Å². The second-order valence-electron chi connectivity index (χ2n) is 5.33. The van der Waals surface area contributed by atoms with Gasteiger partial charge in [0.05, 0.1) is 30.7 Å². The summed E-state index contributed by atoms with van der Waals surface area (Å²) in [5, 5.41) is 8.32. The van der Waals surface area contributed by atoms with E-state index in [2.05, 4.69) is 15.0 Å². The zero-order valence-corrected chi connectivity index (χ0v) is 14.9. The molecule has 0 unspecified atom stereocenters. The van der Waals surface area contributed by atoms with Gasteiger partial charge in [0, 0.05) is 5.88 Å². The fraction of sp³-hybridized carbons (Fsp3) is 0.316. The SMILES string of the molecule is COC(=O)c1ccc(N=Nc2ccc(OCCCCCCl)cc2)cc1. The maximum atomic E-state index is 11.4. The number of halogens is 1. The first kappa shape index (κ1) is 18.9. The number of carbonyl (C=O) groups excluding carboxylic acids is 1. The van der Waals surface area contributed by atoms with Crippen LogP contribution in [0.3, 0.4) is 0 Å². The average Bonchev–Trinajstić information content (AvgIpc) is 2.67. The molecule has 0 aliphatic carbocycles. The minimum Gasteiger partial charge on any atom is -0.494 e. The number of azo groups is 1. The van der Waals surface area contributed by atoms with Crippen molar-refractivity contribution in [3.05, 3.63) is 54.1 Å². The van der Waals surface area contributed by atoms with Crippen LogP contribution in [0.1, 0.15) is 29.6 Å². The molecule has 132 valence electrons. The molecule has 0 radical (unpaired) electrons. The molecule has 0 heterocycles. The molecule has 0 spiro atoms. The van der Waals surface area contributed by atoms with Crippen molar-refractivity contribution >= 4 is 28.9 Å². The van der Waals surface area contributed by atoms with Crippen molar-refractivity contribution in [2.45, 2.75) is 19.3 Å². The first-order chi connectivity index (χ1) is 12.2. The van der Waals surface area contributed by atoms with Crippen molar-refractivity contribution in [3.8, 4) is 5.75 Å². The highest BCUT2D eigenvalue weighted by molar-refractivity contribution is 6.17. The van der Waals surface area contributed by atoms with Gasteiger partial charge in [-0.05, 0) is 67.8 Å². The van der Waals surface area contributed by atoms with Crippen LogP contribution in [0.4, 0.5) is 11.4 Å². The van der Waals surface area contributed by atoms with E-state index in [0.29, 0.717) is 23.7 Å².